The number of hydrogen-bond donors (Lipinski definition) is 1. The van der Waals surface area contributed by atoms with Crippen LogP contribution in [0, 0.1) is 0 Å². The lowest BCUT2D eigenvalue weighted by molar-refractivity contribution is -0.119. The zero-order valence-corrected chi connectivity index (χ0v) is 16.5. The molecule has 2 aromatic heterocycles. The summed E-state index contributed by atoms with van der Waals surface area (Å²) in [7, 11) is 1.57. The van der Waals surface area contributed by atoms with E-state index in [0.717, 1.165) is 23.1 Å². The summed E-state index contributed by atoms with van der Waals surface area (Å²) in [5.41, 5.74) is 0.488. The quantitative estimate of drug-likeness (QED) is 0.687. The Hall–Kier alpha value is -2.09. The van der Waals surface area contributed by atoms with Gasteiger partial charge in [-0.05, 0) is 31.0 Å². The van der Waals surface area contributed by atoms with Crippen LogP contribution in [-0.4, -0.2) is 35.8 Å². The number of ether oxygens (including phenoxy) is 2. The van der Waals surface area contributed by atoms with E-state index in [0.29, 0.717) is 35.5 Å². The second kappa shape index (κ2) is 7.50. The predicted octanol–water partition coefficient (Wildman–Crippen LogP) is 4.29. The number of thiazole rings is 1. The lowest BCUT2D eigenvalue weighted by Gasteiger charge is -2.38. The van der Waals surface area contributed by atoms with Gasteiger partial charge in [0.1, 0.15) is 5.75 Å². The normalized spacial score (nSPS) is 16.4. The Morgan fingerprint density at radius 1 is 1.37 bits per heavy atom. The number of fused-ring (bicyclic) bond motifs is 1. The molecule has 0 unspecified atom stereocenters. The Bertz CT molecular complexity index is 949. The number of benzene rings is 1. The first-order valence-corrected chi connectivity index (χ1v) is 9.94. The highest BCUT2D eigenvalue weighted by atomic mass is 35.5. The number of hydrogen-bond acceptors (Lipinski definition) is 5. The summed E-state index contributed by atoms with van der Waals surface area (Å²) in [6, 6.07) is 7.56. The second-order valence-electron chi connectivity index (χ2n) is 6.63. The number of aromatic nitrogens is 2. The molecule has 3 heterocycles. The first-order chi connectivity index (χ1) is 13.1. The number of halogens is 1. The number of rotatable bonds is 5. The molecular weight excluding hydrogens is 386 g/mol. The van der Waals surface area contributed by atoms with E-state index in [1.165, 1.54) is 11.3 Å². The molecule has 1 aromatic carbocycles. The SMILES string of the molecule is COc1cc2sc(NC(=O)CC3(n4cccc4)CCOCC3)nc2cc1Cl. The van der Waals surface area contributed by atoms with E-state index in [4.69, 9.17) is 21.1 Å². The number of nitrogens with zero attached hydrogens (tertiary/aromatic N) is 2. The van der Waals surface area contributed by atoms with Crippen LogP contribution in [0.25, 0.3) is 10.2 Å². The molecule has 1 saturated heterocycles. The van der Waals surface area contributed by atoms with Crippen LogP contribution in [0.5, 0.6) is 5.75 Å². The van der Waals surface area contributed by atoms with Gasteiger partial charge in [-0.2, -0.15) is 0 Å². The monoisotopic (exact) mass is 405 g/mol. The summed E-state index contributed by atoms with van der Waals surface area (Å²) in [5, 5.41) is 4.02. The van der Waals surface area contributed by atoms with Crippen LogP contribution in [0.3, 0.4) is 0 Å². The molecule has 3 aromatic rings. The molecule has 0 saturated carbocycles. The second-order valence-corrected chi connectivity index (χ2v) is 8.06. The van der Waals surface area contributed by atoms with Gasteiger partial charge in [0.25, 0.3) is 0 Å². The Morgan fingerprint density at radius 2 is 2.11 bits per heavy atom. The molecule has 1 aliphatic rings. The minimum absolute atomic E-state index is 0.0530. The van der Waals surface area contributed by atoms with Crippen molar-refractivity contribution in [2.45, 2.75) is 24.8 Å². The van der Waals surface area contributed by atoms with E-state index in [1.54, 1.807) is 13.2 Å². The summed E-state index contributed by atoms with van der Waals surface area (Å²) >= 11 is 7.57. The number of carbonyl (C=O) groups excluding carboxylic acids is 1. The maximum atomic E-state index is 12.8. The maximum Gasteiger partial charge on any atom is 0.228 e. The Kier molecular flexibility index (Phi) is 5.08. The van der Waals surface area contributed by atoms with Crippen molar-refractivity contribution in [2.24, 2.45) is 0 Å². The van der Waals surface area contributed by atoms with E-state index in [-0.39, 0.29) is 11.4 Å². The van der Waals surface area contributed by atoms with Gasteiger partial charge in [0.15, 0.2) is 5.13 Å². The van der Waals surface area contributed by atoms with Crippen LogP contribution in [0.1, 0.15) is 19.3 Å². The molecule has 4 rings (SSSR count). The standard InChI is InChI=1S/C19H20ClN3O3S/c1-25-15-11-16-14(10-13(15)20)21-18(27-16)22-17(24)12-19(4-8-26-9-5-19)23-6-2-3-7-23/h2-3,6-7,10-11H,4-5,8-9,12H2,1H3,(H,21,22,24). The summed E-state index contributed by atoms with van der Waals surface area (Å²) in [6.07, 6.45) is 6.03. The highest BCUT2D eigenvalue weighted by molar-refractivity contribution is 7.22. The molecule has 0 bridgehead atoms. The molecule has 27 heavy (non-hydrogen) atoms. The van der Waals surface area contributed by atoms with Crippen LogP contribution < -0.4 is 10.1 Å². The Morgan fingerprint density at radius 3 is 2.81 bits per heavy atom. The van der Waals surface area contributed by atoms with Gasteiger partial charge in [-0.1, -0.05) is 22.9 Å². The van der Waals surface area contributed by atoms with Crippen LogP contribution >= 0.6 is 22.9 Å². The van der Waals surface area contributed by atoms with Crippen LogP contribution in [0.4, 0.5) is 5.13 Å². The molecule has 1 amide bonds. The van der Waals surface area contributed by atoms with Crippen molar-refractivity contribution in [3.63, 3.8) is 0 Å². The van der Waals surface area contributed by atoms with Gasteiger partial charge in [0.05, 0.1) is 34.3 Å². The highest BCUT2D eigenvalue weighted by Crippen LogP contribution is 2.36. The van der Waals surface area contributed by atoms with E-state index in [9.17, 15) is 4.79 Å². The largest absolute Gasteiger partial charge is 0.495 e. The van der Waals surface area contributed by atoms with E-state index in [1.807, 2.05) is 30.6 Å². The average Bonchev–Trinajstić information content (AvgIpc) is 3.31. The van der Waals surface area contributed by atoms with E-state index >= 15 is 0 Å². The molecule has 6 nitrogen and oxygen atoms in total. The summed E-state index contributed by atoms with van der Waals surface area (Å²) in [6.45, 7) is 1.32. The van der Waals surface area contributed by atoms with Gasteiger partial charge in [-0.15, -0.1) is 0 Å². The third-order valence-corrected chi connectivity index (χ3v) is 6.20. The molecule has 1 N–H and O–H groups in total. The molecule has 0 spiro atoms. The van der Waals surface area contributed by atoms with E-state index in [2.05, 4.69) is 14.9 Å². The summed E-state index contributed by atoms with van der Waals surface area (Å²) < 4.78 is 13.8. The molecule has 8 heteroatoms. The first kappa shape index (κ1) is 18.3. The molecule has 0 radical (unpaired) electrons. The zero-order chi connectivity index (χ0) is 18.9. The van der Waals surface area contributed by atoms with Gasteiger partial charge in [0.2, 0.25) is 5.91 Å². The van der Waals surface area contributed by atoms with Crippen molar-refractivity contribution in [1.29, 1.82) is 0 Å². The third-order valence-electron chi connectivity index (χ3n) is 4.97. The lowest BCUT2D eigenvalue weighted by atomic mass is 9.86. The molecule has 1 aliphatic heterocycles. The van der Waals surface area contributed by atoms with Crippen molar-refractivity contribution >= 4 is 44.2 Å². The van der Waals surface area contributed by atoms with Crippen molar-refractivity contribution < 1.29 is 14.3 Å². The van der Waals surface area contributed by atoms with Crippen LogP contribution in [0.2, 0.25) is 5.02 Å². The molecule has 1 fully saturated rings. The molecule has 0 atom stereocenters. The fourth-order valence-electron chi connectivity index (χ4n) is 3.53. The minimum Gasteiger partial charge on any atom is -0.495 e. The predicted molar refractivity (Wildman–Crippen MR) is 107 cm³/mol. The number of methoxy groups -OCH3 is 1. The number of carbonyl (C=O) groups is 1. The first-order valence-electron chi connectivity index (χ1n) is 8.75. The summed E-state index contributed by atoms with van der Waals surface area (Å²) in [5.74, 6) is 0.544. The fraction of sp³-hybridized carbons (Fsp3) is 0.368. The fourth-order valence-corrected chi connectivity index (χ4v) is 4.66. The molecule has 142 valence electrons. The number of nitrogens with one attached hydrogen (secondary N) is 1. The van der Waals surface area contributed by atoms with Crippen molar-refractivity contribution in [1.82, 2.24) is 9.55 Å². The lowest BCUT2D eigenvalue weighted by Crippen LogP contribution is -2.42. The van der Waals surface area contributed by atoms with Crippen LogP contribution in [-0.2, 0) is 15.1 Å². The average molecular weight is 406 g/mol. The maximum absolute atomic E-state index is 12.8. The van der Waals surface area contributed by atoms with Gasteiger partial charge in [0, 0.05) is 31.7 Å². The zero-order valence-electron chi connectivity index (χ0n) is 14.9. The Labute approximate surface area is 166 Å². The summed E-state index contributed by atoms with van der Waals surface area (Å²) in [4.78, 5) is 17.3. The van der Waals surface area contributed by atoms with Crippen LogP contribution in [0.15, 0.2) is 36.7 Å². The third kappa shape index (κ3) is 3.67. The molecular formula is C19H20ClN3O3S. The van der Waals surface area contributed by atoms with Crippen molar-refractivity contribution in [3.05, 3.63) is 41.7 Å². The molecule has 0 aliphatic carbocycles. The van der Waals surface area contributed by atoms with Gasteiger partial charge in [-0.3, -0.25) is 4.79 Å². The van der Waals surface area contributed by atoms with Crippen molar-refractivity contribution in [3.8, 4) is 5.75 Å². The van der Waals surface area contributed by atoms with Crippen molar-refractivity contribution in [2.75, 3.05) is 25.6 Å². The number of amides is 1. The smallest absolute Gasteiger partial charge is 0.228 e. The number of anilines is 1. The topological polar surface area (TPSA) is 65.4 Å². The van der Waals surface area contributed by atoms with Gasteiger partial charge >= 0.3 is 0 Å². The Balaban J connectivity index is 1.54. The highest BCUT2D eigenvalue weighted by Gasteiger charge is 2.36. The van der Waals surface area contributed by atoms with Gasteiger partial charge in [-0.25, -0.2) is 4.98 Å². The minimum atomic E-state index is -0.255. The van der Waals surface area contributed by atoms with E-state index < -0.39 is 0 Å². The van der Waals surface area contributed by atoms with Gasteiger partial charge < -0.3 is 19.4 Å².